The third-order valence-corrected chi connectivity index (χ3v) is 3.43. The van der Waals surface area contributed by atoms with Crippen LogP contribution in [0.25, 0.3) is 0 Å². The standard InChI is InChI=1S/C14H19Cl2N3O3/c1-14(2,3)22-13(21)18-10(7-11(20)19-17)8-5-4-6-9(15)12(8)16/h4-6,10H,7,17H2,1-3H3,(H,18,21)(H,19,20). The Bertz CT molecular complexity index is 559. The second kappa shape index (κ2) is 7.67. The second-order valence-corrected chi connectivity index (χ2v) is 6.40. The lowest BCUT2D eigenvalue weighted by atomic mass is 10.0. The van der Waals surface area contributed by atoms with E-state index in [1.54, 1.807) is 39.0 Å². The highest BCUT2D eigenvalue weighted by molar-refractivity contribution is 6.42. The maximum atomic E-state index is 11.9. The number of amides is 2. The molecule has 0 heterocycles. The molecule has 0 aliphatic heterocycles. The van der Waals surface area contributed by atoms with Crippen molar-refractivity contribution in [1.82, 2.24) is 10.7 Å². The molecule has 0 saturated carbocycles. The molecular formula is C14H19Cl2N3O3. The lowest BCUT2D eigenvalue weighted by molar-refractivity contribution is -0.121. The molecule has 0 aromatic heterocycles. The Morgan fingerprint density at radius 3 is 2.50 bits per heavy atom. The molecule has 0 spiro atoms. The van der Waals surface area contributed by atoms with Crippen LogP contribution in [0.2, 0.25) is 10.0 Å². The number of carbonyl (C=O) groups excluding carboxylic acids is 2. The summed E-state index contributed by atoms with van der Waals surface area (Å²) in [6.07, 6.45) is -0.770. The number of carbonyl (C=O) groups is 2. The molecule has 0 aliphatic carbocycles. The van der Waals surface area contributed by atoms with Crippen LogP contribution in [0, 0.1) is 0 Å². The Kier molecular flexibility index (Phi) is 6.47. The highest BCUT2D eigenvalue weighted by Gasteiger charge is 2.24. The van der Waals surface area contributed by atoms with E-state index < -0.39 is 23.6 Å². The molecular weight excluding hydrogens is 329 g/mol. The number of hydrogen-bond donors (Lipinski definition) is 3. The van der Waals surface area contributed by atoms with Crippen molar-refractivity contribution in [2.45, 2.75) is 38.8 Å². The molecule has 6 nitrogen and oxygen atoms in total. The van der Waals surface area contributed by atoms with Crippen LogP contribution in [0.4, 0.5) is 4.79 Å². The minimum atomic E-state index is -0.718. The molecule has 4 N–H and O–H groups in total. The Morgan fingerprint density at radius 1 is 1.32 bits per heavy atom. The summed E-state index contributed by atoms with van der Waals surface area (Å²) < 4.78 is 5.19. The summed E-state index contributed by atoms with van der Waals surface area (Å²) in [6, 6.07) is 4.24. The van der Waals surface area contributed by atoms with Gasteiger partial charge in [0.05, 0.1) is 22.5 Å². The van der Waals surface area contributed by atoms with Crippen LogP contribution in [0.3, 0.4) is 0 Å². The monoisotopic (exact) mass is 347 g/mol. The molecule has 0 bridgehead atoms. The molecule has 0 saturated heterocycles. The normalized spacial score (nSPS) is 12.5. The zero-order valence-electron chi connectivity index (χ0n) is 12.6. The lowest BCUT2D eigenvalue weighted by Crippen LogP contribution is -2.38. The second-order valence-electron chi connectivity index (χ2n) is 5.61. The van der Waals surface area contributed by atoms with Crippen LogP contribution in [-0.4, -0.2) is 17.6 Å². The number of benzene rings is 1. The minimum Gasteiger partial charge on any atom is -0.444 e. The zero-order valence-corrected chi connectivity index (χ0v) is 14.1. The number of alkyl carbamates (subject to hydrolysis) is 1. The van der Waals surface area contributed by atoms with E-state index in [2.05, 4.69) is 5.32 Å². The summed E-state index contributed by atoms with van der Waals surface area (Å²) in [5.74, 6) is 4.64. The number of hydrogen-bond acceptors (Lipinski definition) is 4. The van der Waals surface area contributed by atoms with Crippen molar-refractivity contribution in [3.05, 3.63) is 33.8 Å². The molecule has 1 rings (SSSR count). The van der Waals surface area contributed by atoms with Crippen molar-refractivity contribution in [1.29, 1.82) is 0 Å². The van der Waals surface area contributed by atoms with E-state index in [1.807, 2.05) is 5.43 Å². The zero-order chi connectivity index (χ0) is 16.9. The topological polar surface area (TPSA) is 93.4 Å². The highest BCUT2D eigenvalue weighted by Crippen LogP contribution is 2.31. The number of hydrazine groups is 1. The fourth-order valence-electron chi connectivity index (χ4n) is 1.72. The van der Waals surface area contributed by atoms with E-state index in [0.717, 1.165) is 0 Å². The van der Waals surface area contributed by atoms with E-state index in [0.29, 0.717) is 10.6 Å². The van der Waals surface area contributed by atoms with E-state index in [4.69, 9.17) is 33.8 Å². The number of ether oxygens (including phenoxy) is 1. The number of nitrogens with two attached hydrogens (primary N) is 1. The van der Waals surface area contributed by atoms with Crippen LogP contribution in [0.15, 0.2) is 18.2 Å². The largest absolute Gasteiger partial charge is 0.444 e. The van der Waals surface area contributed by atoms with Gasteiger partial charge in [-0.1, -0.05) is 35.3 Å². The fourth-order valence-corrected chi connectivity index (χ4v) is 2.16. The highest BCUT2D eigenvalue weighted by atomic mass is 35.5. The van der Waals surface area contributed by atoms with Gasteiger partial charge in [0.2, 0.25) is 5.91 Å². The maximum Gasteiger partial charge on any atom is 0.408 e. The van der Waals surface area contributed by atoms with Gasteiger partial charge < -0.3 is 10.1 Å². The quantitative estimate of drug-likeness (QED) is 0.443. The van der Waals surface area contributed by atoms with Crippen molar-refractivity contribution >= 4 is 35.2 Å². The van der Waals surface area contributed by atoms with Gasteiger partial charge in [0.25, 0.3) is 0 Å². The minimum absolute atomic E-state index is 0.101. The number of rotatable bonds is 4. The van der Waals surface area contributed by atoms with Gasteiger partial charge in [0, 0.05) is 0 Å². The number of halogens is 2. The first-order chi connectivity index (χ1) is 10.1. The van der Waals surface area contributed by atoms with Crippen molar-refractivity contribution < 1.29 is 14.3 Å². The summed E-state index contributed by atoms with van der Waals surface area (Å²) in [4.78, 5) is 23.5. The van der Waals surface area contributed by atoms with E-state index in [9.17, 15) is 9.59 Å². The van der Waals surface area contributed by atoms with Gasteiger partial charge in [0.1, 0.15) is 5.60 Å². The summed E-state index contributed by atoms with van der Waals surface area (Å²) >= 11 is 12.1. The lowest BCUT2D eigenvalue weighted by Gasteiger charge is -2.24. The van der Waals surface area contributed by atoms with Crippen LogP contribution < -0.4 is 16.6 Å². The molecule has 1 atom stereocenters. The Labute approximate surface area is 139 Å². The van der Waals surface area contributed by atoms with Crippen molar-refractivity contribution in [2.75, 3.05) is 0 Å². The van der Waals surface area contributed by atoms with Gasteiger partial charge in [-0.2, -0.15) is 0 Å². The SMILES string of the molecule is CC(C)(C)OC(=O)NC(CC(=O)NN)c1cccc(Cl)c1Cl. The fraction of sp³-hybridized carbons (Fsp3) is 0.429. The van der Waals surface area contributed by atoms with Gasteiger partial charge in [-0.25, -0.2) is 10.6 Å². The van der Waals surface area contributed by atoms with Gasteiger partial charge in [-0.05, 0) is 32.4 Å². The van der Waals surface area contributed by atoms with Crippen LogP contribution >= 0.6 is 23.2 Å². The molecule has 1 aromatic carbocycles. The van der Waals surface area contributed by atoms with Crippen LogP contribution in [0.1, 0.15) is 38.8 Å². The first-order valence-electron chi connectivity index (χ1n) is 6.57. The van der Waals surface area contributed by atoms with Crippen LogP contribution in [-0.2, 0) is 9.53 Å². The first-order valence-corrected chi connectivity index (χ1v) is 7.32. The molecule has 122 valence electrons. The molecule has 2 amide bonds. The summed E-state index contributed by atoms with van der Waals surface area (Å²) in [6.45, 7) is 5.21. The summed E-state index contributed by atoms with van der Waals surface area (Å²) in [5.41, 5.74) is 1.85. The van der Waals surface area contributed by atoms with Crippen molar-refractivity contribution in [3.63, 3.8) is 0 Å². The molecule has 22 heavy (non-hydrogen) atoms. The van der Waals surface area contributed by atoms with Gasteiger partial charge >= 0.3 is 6.09 Å². The van der Waals surface area contributed by atoms with E-state index in [-0.39, 0.29) is 11.4 Å². The average molecular weight is 348 g/mol. The van der Waals surface area contributed by atoms with Crippen molar-refractivity contribution in [2.24, 2.45) is 5.84 Å². The molecule has 8 heteroatoms. The van der Waals surface area contributed by atoms with Gasteiger partial charge in [-0.3, -0.25) is 10.2 Å². The Hall–Kier alpha value is -1.50. The summed E-state index contributed by atoms with van der Waals surface area (Å²) in [7, 11) is 0. The van der Waals surface area contributed by atoms with Gasteiger partial charge in [0.15, 0.2) is 0 Å². The molecule has 0 radical (unpaired) electrons. The third-order valence-electron chi connectivity index (χ3n) is 2.60. The molecule has 0 fully saturated rings. The smallest absolute Gasteiger partial charge is 0.408 e. The maximum absolute atomic E-state index is 11.9. The third kappa shape index (κ3) is 5.71. The first kappa shape index (κ1) is 18.5. The average Bonchev–Trinajstić information content (AvgIpc) is 2.38. The predicted octanol–water partition coefficient (Wildman–Crippen LogP) is 2.94. The molecule has 1 aromatic rings. The molecule has 0 aliphatic rings. The van der Waals surface area contributed by atoms with Crippen LogP contribution in [0.5, 0.6) is 0 Å². The van der Waals surface area contributed by atoms with Gasteiger partial charge in [-0.15, -0.1) is 0 Å². The molecule has 1 unspecified atom stereocenters. The summed E-state index contributed by atoms with van der Waals surface area (Å²) in [5, 5.41) is 3.18. The Balaban J connectivity index is 3.01. The Morgan fingerprint density at radius 2 is 1.95 bits per heavy atom. The van der Waals surface area contributed by atoms with E-state index in [1.165, 1.54) is 0 Å². The van der Waals surface area contributed by atoms with Crippen molar-refractivity contribution in [3.8, 4) is 0 Å². The van der Waals surface area contributed by atoms with E-state index >= 15 is 0 Å². The predicted molar refractivity (Wildman–Crippen MR) is 85.5 cm³/mol. The number of nitrogens with one attached hydrogen (secondary N) is 2.